The van der Waals surface area contributed by atoms with Crippen LogP contribution in [0.1, 0.15) is 13.8 Å². The second-order valence-electron chi connectivity index (χ2n) is 2.39. The molecule has 0 N–H and O–H groups in total. The number of hydrogen-bond donors (Lipinski definition) is 0. The van der Waals surface area contributed by atoms with Crippen LogP contribution in [0.25, 0.3) is 0 Å². The number of hydrogen-bond acceptors (Lipinski definition) is 1. The van der Waals surface area contributed by atoms with Crippen LogP contribution in [-0.4, -0.2) is 30.3 Å². The summed E-state index contributed by atoms with van der Waals surface area (Å²) in [6.45, 7) is 3.98. The molecule has 0 spiro atoms. The minimum atomic E-state index is 0.278. The molecule has 0 aromatic carbocycles. The highest BCUT2D eigenvalue weighted by Crippen LogP contribution is 1.94. The molecule has 0 aromatic heterocycles. The van der Waals surface area contributed by atoms with Gasteiger partial charge in [-0.25, -0.2) is 0 Å². The Morgan fingerprint density at radius 2 is 1.89 bits per heavy atom. The summed E-state index contributed by atoms with van der Waals surface area (Å²) in [5.74, 6) is 0. The fourth-order valence-corrected chi connectivity index (χ4v) is 0.524. The second kappa shape index (κ2) is 3.72. The molecule has 54 valence electrons. The molecular weight excluding hydrogens is 136 g/mol. The number of nitrogens with zero attached hydrogens (tertiary/aromatic N) is 2. The third-order valence-electron chi connectivity index (χ3n) is 0.734. The smallest absolute Gasteiger partial charge is 0.193 e. The minimum Gasteiger partial charge on any atom is -0.353 e. The minimum absolute atomic E-state index is 0.278. The maximum absolute atomic E-state index is 5.69. The van der Waals surface area contributed by atoms with Gasteiger partial charge in [0.05, 0.1) is 0 Å². The van der Waals surface area contributed by atoms with E-state index in [1.807, 2.05) is 27.9 Å². The number of halogens is 1. The highest BCUT2D eigenvalue weighted by molar-refractivity contribution is 6.64. The van der Waals surface area contributed by atoms with Crippen LogP contribution in [0.15, 0.2) is 4.99 Å². The monoisotopic (exact) mass is 148 g/mol. The molecule has 0 radical (unpaired) electrons. The molecule has 0 heterocycles. The first-order valence-electron chi connectivity index (χ1n) is 2.94. The molecule has 0 aliphatic rings. The average Bonchev–Trinajstić information content (AvgIpc) is 1.63. The van der Waals surface area contributed by atoms with Gasteiger partial charge in [0.15, 0.2) is 5.29 Å². The largest absolute Gasteiger partial charge is 0.353 e. The van der Waals surface area contributed by atoms with Crippen LogP contribution in [0.4, 0.5) is 0 Å². The lowest BCUT2D eigenvalue weighted by atomic mass is 10.4. The van der Waals surface area contributed by atoms with Gasteiger partial charge in [0, 0.05) is 20.1 Å². The van der Waals surface area contributed by atoms with Crippen molar-refractivity contribution in [2.24, 2.45) is 4.99 Å². The SMILES string of the molecule is CC(C)N=C(Cl)N(C)C. The van der Waals surface area contributed by atoms with Crippen LogP contribution in [0.2, 0.25) is 0 Å². The molecule has 0 aliphatic heterocycles. The lowest BCUT2D eigenvalue weighted by Crippen LogP contribution is -2.17. The Kier molecular flexibility index (Phi) is 3.62. The van der Waals surface area contributed by atoms with Crippen molar-refractivity contribution in [1.82, 2.24) is 4.90 Å². The first-order chi connectivity index (χ1) is 4.04. The zero-order valence-corrected chi connectivity index (χ0v) is 7.11. The van der Waals surface area contributed by atoms with E-state index in [0.717, 1.165) is 0 Å². The second-order valence-corrected chi connectivity index (χ2v) is 2.72. The van der Waals surface area contributed by atoms with E-state index in [2.05, 4.69) is 4.99 Å². The maximum atomic E-state index is 5.69. The molecule has 0 fully saturated rings. The average molecular weight is 149 g/mol. The summed E-state index contributed by atoms with van der Waals surface area (Å²) in [6.07, 6.45) is 0. The van der Waals surface area contributed by atoms with Crippen LogP contribution in [0, 0.1) is 0 Å². The summed E-state index contributed by atoms with van der Waals surface area (Å²) in [4.78, 5) is 5.86. The lowest BCUT2D eigenvalue weighted by Gasteiger charge is -2.09. The van der Waals surface area contributed by atoms with Gasteiger partial charge in [-0.05, 0) is 25.4 Å². The summed E-state index contributed by atoms with van der Waals surface area (Å²) in [5, 5.41) is 0.560. The maximum Gasteiger partial charge on any atom is 0.193 e. The summed E-state index contributed by atoms with van der Waals surface area (Å²) < 4.78 is 0. The Hall–Kier alpha value is -0.240. The van der Waals surface area contributed by atoms with Gasteiger partial charge in [-0.2, -0.15) is 0 Å². The molecule has 0 amide bonds. The zero-order valence-electron chi connectivity index (χ0n) is 6.35. The Bertz CT molecular complexity index is 108. The Morgan fingerprint density at radius 3 is 2.00 bits per heavy atom. The Labute approximate surface area is 61.5 Å². The van der Waals surface area contributed by atoms with Gasteiger partial charge in [-0.15, -0.1) is 0 Å². The van der Waals surface area contributed by atoms with Crippen molar-refractivity contribution < 1.29 is 0 Å². The van der Waals surface area contributed by atoms with E-state index in [1.54, 1.807) is 4.90 Å². The first kappa shape index (κ1) is 8.76. The zero-order chi connectivity index (χ0) is 7.44. The molecule has 0 aromatic rings. The number of rotatable bonds is 1. The molecule has 3 heteroatoms. The van der Waals surface area contributed by atoms with Crippen LogP contribution < -0.4 is 0 Å². The van der Waals surface area contributed by atoms with Gasteiger partial charge in [0.25, 0.3) is 0 Å². The summed E-state index contributed by atoms with van der Waals surface area (Å²) >= 11 is 5.69. The Morgan fingerprint density at radius 1 is 1.44 bits per heavy atom. The summed E-state index contributed by atoms with van der Waals surface area (Å²) in [6, 6.07) is 0.278. The van der Waals surface area contributed by atoms with E-state index in [-0.39, 0.29) is 6.04 Å². The van der Waals surface area contributed by atoms with E-state index < -0.39 is 0 Å². The molecule has 0 atom stereocenters. The van der Waals surface area contributed by atoms with E-state index >= 15 is 0 Å². The normalized spacial score (nSPS) is 12.4. The first-order valence-corrected chi connectivity index (χ1v) is 3.32. The van der Waals surface area contributed by atoms with E-state index in [1.165, 1.54) is 0 Å². The van der Waals surface area contributed by atoms with Crippen molar-refractivity contribution in [3.63, 3.8) is 0 Å². The quantitative estimate of drug-likeness (QED) is 0.313. The lowest BCUT2D eigenvalue weighted by molar-refractivity contribution is 0.623. The predicted molar refractivity (Wildman–Crippen MR) is 42.1 cm³/mol. The van der Waals surface area contributed by atoms with E-state index in [9.17, 15) is 0 Å². The molecule has 0 rings (SSSR count). The molecule has 0 bridgehead atoms. The van der Waals surface area contributed by atoms with Gasteiger partial charge in [0.1, 0.15) is 0 Å². The van der Waals surface area contributed by atoms with Gasteiger partial charge < -0.3 is 4.90 Å². The van der Waals surface area contributed by atoms with Crippen LogP contribution >= 0.6 is 11.6 Å². The molecule has 0 aliphatic carbocycles. The molecule has 9 heavy (non-hydrogen) atoms. The fraction of sp³-hybridized carbons (Fsp3) is 0.833. The Balaban J connectivity index is 3.84. The van der Waals surface area contributed by atoms with Crippen molar-refractivity contribution in [1.29, 1.82) is 0 Å². The number of aliphatic imine (C=N–C) groups is 1. The van der Waals surface area contributed by atoms with Crippen molar-refractivity contribution in [2.45, 2.75) is 19.9 Å². The van der Waals surface area contributed by atoms with E-state index in [0.29, 0.717) is 5.29 Å². The highest BCUT2D eigenvalue weighted by atomic mass is 35.5. The molecule has 2 nitrogen and oxygen atoms in total. The molecule has 0 saturated heterocycles. The third kappa shape index (κ3) is 4.28. The van der Waals surface area contributed by atoms with E-state index in [4.69, 9.17) is 11.6 Å². The molecule has 0 unspecified atom stereocenters. The highest BCUT2D eigenvalue weighted by Gasteiger charge is 1.95. The van der Waals surface area contributed by atoms with Gasteiger partial charge >= 0.3 is 0 Å². The van der Waals surface area contributed by atoms with Gasteiger partial charge in [-0.1, -0.05) is 0 Å². The van der Waals surface area contributed by atoms with Crippen molar-refractivity contribution in [2.75, 3.05) is 14.1 Å². The third-order valence-corrected chi connectivity index (χ3v) is 1.17. The summed E-state index contributed by atoms with van der Waals surface area (Å²) in [7, 11) is 3.74. The van der Waals surface area contributed by atoms with Gasteiger partial charge in [0.2, 0.25) is 0 Å². The predicted octanol–water partition coefficient (Wildman–Crippen LogP) is 1.55. The number of amidine groups is 1. The summed E-state index contributed by atoms with van der Waals surface area (Å²) in [5.41, 5.74) is 0. The van der Waals surface area contributed by atoms with Crippen molar-refractivity contribution >= 4 is 16.9 Å². The van der Waals surface area contributed by atoms with Crippen molar-refractivity contribution in [3.8, 4) is 0 Å². The molecule has 0 saturated carbocycles. The van der Waals surface area contributed by atoms with Crippen molar-refractivity contribution in [3.05, 3.63) is 0 Å². The van der Waals surface area contributed by atoms with Crippen LogP contribution in [-0.2, 0) is 0 Å². The topological polar surface area (TPSA) is 15.6 Å². The van der Waals surface area contributed by atoms with Crippen LogP contribution in [0.5, 0.6) is 0 Å². The van der Waals surface area contributed by atoms with Crippen LogP contribution in [0.3, 0.4) is 0 Å². The standard InChI is InChI=1S/C6H13ClN2/c1-5(2)8-6(7)9(3)4/h5H,1-4H3. The van der Waals surface area contributed by atoms with Gasteiger partial charge in [-0.3, -0.25) is 4.99 Å². The molecular formula is C6H13ClN2. The fourth-order valence-electron chi connectivity index (χ4n) is 0.329.